The zero-order valence-corrected chi connectivity index (χ0v) is 43.6. The molecule has 20 heteroatoms. The zero-order valence-electron chi connectivity index (χ0n) is 43.6. The topological polar surface area (TPSA) is 214 Å². The van der Waals surface area contributed by atoms with Gasteiger partial charge in [-0.05, 0) is 6.42 Å². The van der Waals surface area contributed by atoms with Gasteiger partial charge in [0.25, 0.3) is 0 Å². The minimum absolute atomic E-state index is 0.0626. The second-order valence-corrected chi connectivity index (χ2v) is 16.0. The smallest absolute Gasteiger partial charge is 0.308 e. The summed E-state index contributed by atoms with van der Waals surface area (Å²) in [4.78, 5) is 11.4. The van der Waals surface area contributed by atoms with Crippen molar-refractivity contribution in [3.8, 4) is 0 Å². The van der Waals surface area contributed by atoms with Crippen LogP contribution in [-0.4, -0.2) is 247 Å². The van der Waals surface area contributed by atoms with E-state index in [0.29, 0.717) is 198 Å². The molecule has 0 fully saturated rings. The Bertz CT molecular complexity index is 960. The van der Waals surface area contributed by atoms with Gasteiger partial charge in [-0.15, -0.1) is 0 Å². The number of hydrogen-bond donors (Lipinski definition) is 2. The molecule has 2 N–H and O–H groups in total. The van der Waals surface area contributed by atoms with Crippen molar-refractivity contribution in [1.29, 1.82) is 0 Å². The van der Waals surface area contributed by atoms with Crippen molar-refractivity contribution in [2.75, 3.05) is 225 Å². The highest BCUT2D eigenvalue weighted by Gasteiger charge is 2.08. The van der Waals surface area contributed by atoms with Crippen molar-refractivity contribution in [2.24, 2.45) is 0 Å². The molecule has 0 heterocycles. The number of rotatable bonds is 64. The van der Waals surface area contributed by atoms with Gasteiger partial charge in [0.1, 0.15) is 12.7 Å². The Labute approximate surface area is 421 Å². The van der Waals surface area contributed by atoms with E-state index in [-0.39, 0.29) is 19.6 Å². The molecule has 0 aromatic carbocycles. The molecule has 0 aliphatic heterocycles. The van der Waals surface area contributed by atoms with Crippen LogP contribution in [0, 0.1) is 0 Å². The number of esters is 1. The van der Waals surface area contributed by atoms with Crippen LogP contribution in [0.25, 0.3) is 0 Å². The number of unbranched alkanes of at least 4 members (excludes halogenated alkanes) is 11. The summed E-state index contributed by atoms with van der Waals surface area (Å²) in [6.45, 7) is 17.3. The van der Waals surface area contributed by atoms with E-state index >= 15 is 0 Å². The van der Waals surface area contributed by atoms with E-state index in [1.165, 1.54) is 70.6 Å². The Morgan fingerprint density at radius 1 is 0.300 bits per heavy atom. The molecule has 0 saturated heterocycles. The molecule has 0 aromatic heterocycles. The molecule has 1 unspecified atom stereocenters. The second-order valence-electron chi connectivity index (χ2n) is 16.0. The summed E-state index contributed by atoms with van der Waals surface area (Å²) in [5.74, 6) is -0.498. The van der Waals surface area contributed by atoms with E-state index in [1.54, 1.807) is 0 Å². The molecule has 20 nitrogen and oxygen atoms in total. The Kier molecular flexibility index (Phi) is 62.7. The third-order valence-electron chi connectivity index (χ3n) is 9.82. The minimum Gasteiger partial charge on any atom is -0.463 e. The van der Waals surface area contributed by atoms with Crippen LogP contribution in [0.2, 0.25) is 0 Å². The molecule has 0 aliphatic rings. The highest BCUT2D eigenvalue weighted by molar-refractivity contribution is 5.69. The van der Waals surface area contributed by atoms with Crippen LogP contribution in [0.3, 0.4) is 0 Å². The monoisotopic (exact) mass is 1020 g/mol. The lowest BCUT2D eigenvalue weighted by Crippen LogP contribution is -2.22. The standard InChI is InChI=1S/C50H100O20/c1-2-3-4-5-6-7-8-9-10-11-12-13-15-54-17-19-56-21-23-58-25-27-60-29-31-62-33-35-64-37-39-66-41-43-68-45-46-69-44-42-67-40-38-65-36-34-63-32-30-61-28-26-59-24-22-57-20-18-55-16-14-50(53)70-48-49(52)47-51/h49,51-52H,2-48H2,1H3. The third kappa shape index (κ3) is 62.9. The molecular formula is C50H100O20. The number of aliphatic hydroxyl groups is 2. The van der Waals surface area contributed by atoms with Gasteiger partial charge in [-0.25, -0.2) is 0 Å². The normalized spacial score (nSPS) is 12.1. The van der Waals surface area contributed by atoms with E-state index < -0.39 is 18.7 Å². The number of carbonyl (C=O) groups excluding carboxylic acids is 1. The van der Waals surface area contributed by atoms with Gasteiger partial charge in [0.2, 0.25) is 0 Å². The Morgan fingerprint density at radius 2 is 0.500 bits per heavy atom. The molecule has 0 spiro atoms. The summed E-state index contributed by atoms with van der Waals surface area (Å²) in [5.41, 5.74) is 0. The second kappa shape index (κ2) is 63.9. The van der Waals surface area contributed by atoms with Gasteiger partial charge in [0.05, 0.1) is 218 Å². The predicted octanol–water partition coefficient (Wildman–Crippen LogP) is 4.24. The number of ether oxygens (including phenoxy) is 17. The SMILES string of the molecule is CCCCCCCCCCCCCCOCCOCCOCCOCCOCCOCCOCCOCCOCCOCCOCCOCCOCCOCCOCCOCCC(=O)OCC(O)CO. The van der Waals surface area contributed by atoms with Crippen molar-refractivity contribution in [3.05, 3.63) is 0 Å². The first kappa shape index (κ1) is 68.8. The van der Waals surface area contributed by atoms with Gasteiger partial charge in [-0.3, -0.25) is 4.79 Å². The van der Waals surface area contributed by atoms with Crippen molar-refractivity contribution < 1.29 is 95.5 Å². The van der Waals surface area contributed by atoms with Crippen LogP contribution in [-0.2, 0) is 85.3 Å². The van der Waals surface area contributed by atoms with Crippen LogP contribution in [0.1, 0.15) is 90.4 Å². The minimum atomic E-state index is -1.06. The fourth-order valence-corrected chi connectivity index (χ4v) is 5.92. The molecule has 0 aromatic rings. The first-order chi connectivity index (χ1) is 34.7. The lowest BCUT2D eigenvalue weighted by molar-refractivity contribution is -0.148. The van der Waals surface area contributed by atoms with Crippen molar-refractivity contribution in [2.45, 2.75) is 96.5 Å². The van der Waals surface area contributed by atoms with Crippen LogP contribution in [0.15, 0.2) is 0 Å². The van der Waals surface area contributed by atoms with Crippen LogP contribution >= 0.6 is 0 Å². The molecule has 0 bridgehead atoms. The number of aliphatic hydroxyl groups excluding tert-OH is 2. The van der Waals surface area contributed by atoms with Crippen LogP contribution in [0.5, 0.6) is 0 Å². The van der Waals surface area contributed by atoms with E-state index in [9.17, 15) is 4.79 Å². The zero-order chi connectivity index (χ0) is 50.4. The summed E-state index contributed by atoms with van der Waals surface area (Å²) in [6.07, 6.45) is 15.2. The van der Waals surface area contributed by atoms with Crippen molar-refractivity contribution in [1.82, 2.24) is 0 Å². The van der Waals surface area contributed by atoms with Crippen molar-refractivity contribution >= 4 is 5.97 Å². The van der Waals surface area contributed by atoms with E-state index in [1.807, 2.05) is 0 Å². The molecule has 0 amide bonds. The lowest BCUT2D eigenvalue weighted by Gasteiger charge is -2.09. The maximum atomic E-state index is 11.4. The Morgan fingerprint density at radius 3 is 0.729 bits per heavy atom. The fourth-order valence-electron chi connectivity index (χ4n) is 5.92. The molecule has 0 rings (SSSR count). The summed E-state index contributed by atoms with van der Waals surface area (Å²) >= 11 is 0. The van der Waals surface area contributed by atoms with Crippen LogP contribution < -0.4 is 0 Å². The molecule has 0 aliphatic carbocycles. The highest BCUT2D eigenvalue weighted by atomic mass is 16.6. The molecule has 70 heavy (non-hydrogen) atoms. The van der Waals surface area contributed by atoms with Crippen molar-refractivity contribution in [3.63, 3.8) is 0 Å². The molecular weight excluding hydrogens is 921 g/mol. The first-order valence-corrected chi connectivity index (χ1v) is 26.4. The van der Waals surface area contributed by atoms with Gasteiger partial charge in [-0.2, -0.15) is 0 Å². The first-order valence-electron chi connectivity index (χ1n) is 26.4. The molecule has 0 radical (unpaired) electrons. The van der Waals surface area contributed by atoms with Gasteiger partial charge >= 0.3 is 5.97 Å². The van der Waals surface area contributed by atoms with E-state index in [4.69, 9.17) is 90.7 Å². The lowest BCUT2D eigenvalue weighted by atomic mass is 10.1. The predicted molar refractivity (Wildman–Crippen MR) is 263 cm³/mol. The molecule has 420 valence electrons. The molecule has 0 saturated carbocycles. The summed E-state index contributed by atoms with van der Waals surface area (Å²) < 4.78 is 92.8. The van der Waals surface area contributed by atoms with E-state index in [0.717, 1.165) is 13.0 Å². The quantitative estimate of drug-likeness (QED) is 0.0644. The highest BCUT2D eigenvalue weighted by Crippen LogP contribution is 2.12. The van der Waals surface area contributed by atoms with Crippen LogP contribution in [0.4, 0.5) is 0 Å². The molecule has 1 atom stereocenters. The third-order valence-corrected chi connectivity index (χ3v) is 9.82. The average Bonchev–Trinajstić information content (AvgIpc) is 3.37. The Balaban J connectivity index is 3.09. The number of carbonyl (C=O) groups is 1. The van der Waals surface area contributed by atoms with Gasteiger partial charge in [0, 0.05) is 6.61 Å². The average molecular weight is 1020 g/mol. The fraction of sp³-hybridized carbons (Fsp3) is 0.980. The number of hydrogen-bond acceptors (Lipinski definition) is 20. The summed E-state index contributed by atoms with van der Waals surface area (Å²) in [6, 6.07) is 0. The van der Waals surface area contributed by atoms with Gasteiger partial charge in [0.15, 0.2) is 0 Å². The largest absolute Gasteiger partial charge is 0.463 e. The van der Waals surface area contributed by atoms with E-state index in [2.05, 4.69) is 6.92 Å². The summed E-state index contributed by atoms with van der Waals surface area (Å²) in [5, 5.41) is 17.8. The maximum absolute atomic E-state index is 11.4. The maximum Gasteiger partial charge on any atom is 0.308 e. The van der Waals surface area contributed by atoms with Gasteiger partial charge < -0.3 is 90.7 Å². The Hall–Kier alpha value is -1.25. The van der Waals surface area contributed by atoms with Gasteiger partial charge in [-0.1, -0.05) is 77.6 Å². The summed E-state index contributed by atoms with van der Waals surface area (Å²) in [7, 11) is 0.